The number of benzene rings is 1. The minimum Gasteiger partial charge on any atom is -0.478 e. The van der Waals surface area contributed by atoms with Gasteiger partial charge in [-0.2, -0.15) is 0 Å². The lowest BCUT2D eigenvalue weighted by atomic mass is 9.93. The molecule has 1 aromatic carbocycles. The lowest BCUT2D eigenvalue weighted by molar-refractivity contribution is 0.0695. The summed E-state index contributed by atoms with van der Waals surface area (Å²) < 4.78 is 0. The molecule has 104 valence electrons. The number of carbonyl (C=O) groups is 1. The van der Waals surface area contributed by atoms with Gasteiger partial charge < -0.3 is 10.4 Å². The summed E-state index contributed by atoms with van der Waals surface area (Å²) in [6.07, 6.45) is 6.51. The highest BCUT2D eigenvalue weighted by Gasteiger charge is 2.17. The van der Waals surface area contributed by atoms with E-state index in [-0.39, 0.29) is 5.92 Å². The standard InChI is InChI=1S/C16H23NO2/c1-12(11-17-13-7-3-2-4-8-13)14-9-5-6-10-15(14)16(18)19/h5-6,9-10,12-13,17H,2-4,7-8,11H2,1H3,(H,18,19). The highest BCUT2D eigenvalue weighted by atomic mass is 16.4. The molecule has 3 heteroatoms. The summed E-state index contributed by atoms with van der Waals surface area (Å²) in [6, 6.07) is 7.94. The van der Waals surface area contributed by atoms with Gasteiger partial charge in [-0.05, 0) is 30.4 Å². The Kier molecular flexibility index (Phi) is 4.97. The van der Waals surface area contributed by atoms with Gasteiger partial charge in [0.25, 0.3) is 0 Å². The van der Waals surface area contributed by atoms with Gasteiger partial charge in [0.15, 0.2) is 0 Å². The van der Waals surface area contributed by atoms with E-state index in [0.29, 0.717) is 11.6 Å². The predicted octanol–water partition coefficient (Wildman–Crippen LogP) is 3.41. The van der Waals surface area contributed by atoms with Crippen LogP contribution in [0, 0.1) is 0 Å². The van der Waals surface area contributed by atoms with Gasteiger partial charge in [-0.1, -0.05) is 44.4 Å². The lowest BCUT2D eigenvalue weighted by Gasteiger charge is -2.25. The lowest BCUT2D eigenvalue weighted by Crippen LogP contribution is -2.33. The smallest absolute Gasteiger partial charge is 0.335 e. The molecular weight excluding hydrogens is 238 g/mol. The summed E-state index contributed by atoms with van der Waals surface area (Å²) in [5, 5.41) is 12.8. The molecule has 0 bridgehead atoms. The van der Waals surface area contributed by atoms with Crippen LogP contribution >= 0.6 is 0 Å². The Labute approximate surface area is 115 Å². The first-order valence-electron chi connectivity index (χ1n) is 7.24. The second kappa shape index (κ2) is 6.71. The number of nitrogens with one attached hydrogen (secondary N) is 1. The van der Waals surface area contributed by atoms with E-state index in [2.05, 4.69) is 12.2 Å². The molecule has 1 unspecified atom stereocenters. The van der Waals surface area contributed by atoms with Crippen LogP contribution in [0.2, 0.25) is 0 Å². The topological polar surface area (TPSA) is 49.3 Å². The summed E-state index contributed by atoms with van der Waals surface area (Å²) in [5.41, 5.74) is 1.36. The van der Waals surface area contributed by atoms with Crippen molar-refractivity contribution in [1.82, 2.24) is 5.32 Å². The number of rotatable bonds is 5. The van der Waals surface area contributed by atoms with Crippen molar-refractivity contribution < 1.29 is 9.90 Å². The summed E-state index contributed by atoms with van der Waals surface area (Å²) in [7, 11) is 0. The van der Waals surface area contributed by atoms with Crippen molar-refractivity contribution in [3.05, 3.63) is 35.4 Å². The molecule has 0 aliphatic heterocycles. The molecule has 2 N–H and O–H groups in total. The minimum absolute atomic E-state index is 0.231. The van der Waals surface area contributed by atoms with E-state index < -0.39 is 5.97 Å². The Balaban J connectivity index is 1.95. The van der Waals surface area contributed by atoms with Gasteiger partial charge >= 0.3 is 5.97 Å². The predicted molar refractivity (Wildman–Crippen MR) is 76.7 cm³/mol. The Morgan fingerprint density at radius 2 is 2.00 bits per heavy atom. The van der Waals surface area contributed by atoms with Gasteiger partial charge in [0.05, 0.1) is 5.56 Å². The molecule has 19 heavy (non-hydrogen) atoms. The van der Waals surface area contributed by atoms with Gasteiger partial charge in [0.2, 0.25) is 0 Å². The fraction of sp³-hybridized carbons (Fsp3) is 0.562. The second-order valence-electron chi connectivity index (χ2n) is 5.54. The summed E-state index contributed by atoms with van der Waals surface area (Å²) >= 11 is 0. The molecule has 2 rings (SSSR count). The van der Waals surface area contributed by atoms with E-state index in [1.54, 1.807) is 12.1 Å². The van der Waals surface area contributed by atoms with Gasteiger partial charge in [0.1, 0.15) is 0 Å². The van der Waals surface area contributed by atoms with E-state index in [1.165, 1.54) is 32.1 Å². The zero-order valence-electron chi connectivity index (χ0n) is 11.6. The van der Waals surface area contributed by atoms with Crippen LogP contribution in [0.15, 0.2) is 24.3 Å². The minimum atomic E-state index is -0.833. The molecule has 1 aliphatic carbocycles. The molecule has 0 amide bonds. The summed E-state index contributed by atoms with van der Waals surface area (Å²) in [6.45, 7) is 2.95. The third-order valence-corrected chi connectivity index (χ3v) is 4.04. The largest absolute Gasteiger partial charge is 0.478 e. The monoisotopic (exact) mass is 261 g/mol. The molecule has 0 aromatic heterocycles. The third-order valence-electron chi connectivity index (χ3n) is 4.04. The van der Waals surface area contributed by atoms with Gasteiger partial charge in [0, 0.05) is 12.6 Å². The Morgan fingerprint density at radius 3 is 2.68 bits per heavy atom. The normalized spacial score (nSPS) is 18.2. The van der Waals surface area contributed by atoms with Gasteiger partial charge in [-0.25, -0.2) is 4.79 Å². The van der Waals surface area contributed by atoms with Crippen molar-refractivity contribution >= 4 is 5.97 Å². The summed E-state index contributed by atoms with van der Waals surface area (Å²) in [4.78, 5) is 11.2. The van der Waals surface area contributed by atoms with E-state index in [0.717, 1.165) is 12.1 Å². The van der Waals surface area contributed by atoms with Crippen LogP contribution in [0.1, 0.15) is 60.9 Å². The van der Waals surface area contributed by atoms with Crippen molar-refractivity contribution in [2.45, 2.75) is 51.0 Å². The van der Waals surface area contributed by atoms with Crippen LogP contribution in [0.25, 0.3) is 0 Å². The van der Waals surface area contributed by atoms with Crippen molar-refractivity contribution in [3.8, 4) is 0 Å². The molecule has 1 aromatic rings. The molecule has 1 saturated carbocycles. The number of carboxylic acid groups (broad SMARTS) is 1. The quantitative estimate of drug-likeness (QED) is 0.854. The van der Waals surface area contributed by atoms with Crippen molar-refractivity contribution in [2.75, 3.05) is 6.54 Å². The van der Waals surface area contributed by atoms with E-state index >= 15 is 0 Å². The first kappa shape index (κ1) is 14.1. The van der Waals surface area contributed by atoms with Crippen molar-refractivity contribution in [3.63, 3.8) is 0 Å². The highest BCUT2D eigenvalue weighted by molar-refractivity contribution is 5.89. The Hall–Kier alpha value is -1.35. The van der Waals surface area contributed by atoms with Crippen LogP contribution in [-0.2, 0) is 0 Å². The van der Waals surface area contributed by atoms with E-state index in [4.69, 9.17) is 0 Å². The second-order valence-corrected chi connectivity index (χ2v) is 5.54. The molecule has 0 saturated heterocycles. The maximum Gasteiger partial charge on any atom is 0.335 e. The molecule has 0 radical (unpaired) electrons. The van der Waals surface area contributed by atoms with Gasteiger partial charge in [-0.15, -0.1) is 0 Å². The molecule has 1 aliphatic rings. The molecule has 1 fully saturated rings. The Bertz CT molecular complexity index is 425. The van der Waals surface area contributed by atoms with Gasteiger partial charge in [-0.3, -0.25) is 0 Å². The van der Waals surface area contributed by atoms with E-state index in [1.807, 2.05) is 12.1 Å². The maximum absolute atomic E-state index is 11.2. The SMILES string of the molecule is CC(CNC1CCCCC1)c1ccccc1C(=O)O. The average Bonchev–Trinajstić information content (AvgIpc) is 2.46. The maximum atomic E-state index is 11.2. The molecular formula is C16H23NO2. The summed E-state index contributed by atoms with van der Waals surface area (Å²) in [5.74, 6) is -0.602. The van der Waals surface area contributed by atoms with Crippen LogP contribution < -0.4 is 5.32 Å². The first-order chi connectivity index (χ1) is 9.18. The van der Waals surface area contributed by atoms with Crippen molar-refractivity contribution in [2.24, 2.45) is 0 Å². The van der Waals surface area contributed by atoms with Crippen LogP contribution in [-0.4, -0.2) is 23.7 Å². The number of aromatic carboxylic acids is 1. The molecule has 3 nitrogen and oxygen atoms in total. The zero-order chi connectivity index (χ0) is 13.7. The zero-order valence-corrected chi connectivity index (χ0v) is 11.6. The fourth-order valence-electron chi connectivity index (χ4n) is 2.88. The Morgan fingerprint density at radius 1 is 1.32 bits per heavy atom. The van der Waals surface area contributed by atoms with Crippen LogP contribution in [0.4, 0.5) is 0 Å². The third kappa shape index (κ3) is 3.80. The highest BCUT2D eigenvalue weighted by Crippen LogP contribution is 2.21. The van der Waals surface area contributed by atoms with Crippen LogP contribution in [0.5, 0.6) is 0 Å². The number of carboxylic acids is 1. The average molecular weight is 261 g/mol. The fourth-order valence-corrected chi connectivity index (χ4v) is 2.88. The van der Waals surface area contributed by atoms with Crippen molar-refractivity contribution in [1.29, 1.82) is 0 Å². The number of hydrogen-bond acceptors (Lipinski definition) is 2. The van der Waals surface area contributed by atoms with E-state index in [9.17, 15) is 9.90 Å². The molecule has 1 atom stereocenters. The molecule has 0 heterocycles. The van der Waals surface area contributed by atoms with Crippen LogP contribution in [0.3, 0.4) is 0 Å². The first-order valence-corrected chi connectivity index (χ1v) is 7.24. The number of hydrogen-bond donors (Lipinski definition) is 2. The molecule has 0 spiro atoms.